The fourth-order valence-corrected chi connectivity index (χ4v) is 2.83. The summed E-state index contributed by atoms with van der Waals surface area (Å²) in [5, 5.41) is 0. The number of rotatable bonds is 6. The number of nitrogens with one attached hydrogen (secondary N) is 1. The summed E-state index contributed by atoms with van der Waals surface area (Å²) in [7, 11) is 0. The third-order valence-corrected chi connectivity index (χ3v) is 4.14. The molecule has 2 aromatic carbocycles. The van der Waals surface area contributed by atoms with Crippen LogP contribution in [0.1, 0.15) is 24.5 Å². The maximum atomic E-state index is 11.7. The van der Waals surface area contributed by atoms with Gasteiger partial charge in [-0.1, -0.05) is 49.4 Å². The maximum absolute atomic E-state index is 11.7. The van der Waals surface area contributed by atoms with Crippen LogP contribution in [0, 0.1) is 0 Å². The summed E-state index contributed by atoms with van der Waals surface area (Å²) in [6.07, 6.45) is 0.405. The molecule has 0 aliphatic heterocycles. The average molecular weight is 329 g/mol. The minimum absolute atomic E-state index is 0.177. The second kappa shape index (κ2) is 9.00. The summed E-state index contributed by atoms with van der Waals surface area (Å²) >= 11 is 1.72. The van der Waals surface area contributed by atoms with Crippen LogP contribution >= 0.6 is 11.8 Å². The van der Waals surface area contributed by atoms with Gasteiger partial charge in [-0.05, 0) is 23.3 Å². The topological polar surface area (TPSA) is 55.4 Å². The van der Waals surface area contributed by atoms with Crippen molar-refractivity contribution >= 4 is 23.6 Å². The molecular weight excluding hydrogens is 310 g/mol. The molecule has 0 aromatic heterocycles. The lowest BCUT2D eigenvalue weighted by Crippen LogP contribution is -2.28. The van der Waals surface area contributed by atoms with Crippen LogP contribution in [0.15, 0.2) is 59.5 Å². The molecule has 0 aliphatic rings. The SMILES string of the molecule is CCC(=O)ONC(=O)Cc1cccc(SCc2ccccc2)c1. The third kappa shape index (κ3) is 6.16. The summed E-state index contributed by atoms with van der Waals surface area (Å²) < 4.78 is 0. The Hall–Kier alpha value is -2.27. The smallest absolute Gasteiger partial charge is 0.331 e. The lowest BCUT2D eigenvalue weighted by molar-refractivity contribution is -0.157. The standard InChI is InChI=1S/C18H19NO3S/c1-2-18(21)22-19-17(20)12-15-9-6-10-16(11-15)23-13-14-7-4-3-5-8-14/h3-11H,2,12-13H2,1H3,(H,19,20). The molecule has 0 heterocycles. The van der Waals surface area contributed by atoms with Crippen molar-refractivity contribution in [3.63, 3.8) is 0 Å². The van der Waals surface area contributed by atoms with Gasteiger partial charge in [-0.15, -0.1) is 11.8 Å². The van der Waals surface area contributed by atoms with Crippen molar-refractivity contribution in [3.8, 4) is 0 Å². The Morgan fingerprint density at radius 1 is 1.04 bits per heavy atom. The summed E-state index contributed by atoms with van der Waals surface area (Å²) in [4.78, 5) is 28.4. The summed E-state index contributed by atoms with van der Waals surface area (Å²) in [5.74, 6) is 0.0902. The van der Waals surface area contributed by atoms with Crippen LogP contribution in [0.3, 0.4) is 0 Å². The van der Waals surface area contributed by atoms with Crippen molar-refractivity contribution in [1.29, 1.82) is 0 Å². The van der Waals surface area contributed by atoms with E-state index in [0.29, 0.717) is 0 Å². The molecule has 0 fully saturated rings. The lowest BCUT2D eigenvalue weighted by Gasteiger charge is -2.07. The fourth-order valence-electron chi connectivity index (χ4n) is 1.89. The van der Waals surface area contributed by atoms with Crippen LogP contribution in [0.2, 0.25) is 0 Å². The molecule has 1 amide bonds. The summed E-state index contributed by atoms with van der Waals surface area (Å²) in [6, 6.07) is 18.0. The van der Waals surface area contributed by atoms with Gasteiger partial charge < -0.3 is 4.84 Å². The number of carbonyl (C=O) groups is 2. The molecule has 0 unspecified atom stereocenters. The van der Waals surface area contributed by atoms with Crippen molar-refractivity contribution in [1.82, 2.24) is 5.48 Å². The number of benzene rings is 2. The van der Waals surface area contributed by atoms with Crippen LogP contribution in [-0.2, 0) is 26.6 Å². The lowest BCUT2D eigenvalue weighted by atomic mass is 10.1. The molecule has 4 nitrogen and oxygen atoms in total. The molecule has 0 saturated carbocycles. The van der Waals surface area contributed by atoms with E-state index in [-0.39, 0.29) is 18.7 Å². The Kier molecular flexibility index (Phi) is 6.69. The van der Waals surface area contributed by atoms with Crippen molar-refractivity contribution in [2.45, 2.75) is 30.4 Å². The van der Waals surface area contributed by atoms with E-state index in [2.05, 4.69) is 22.5 Å². The van der Waals surface area contributed by atoms with Gasteiger partial charge in [0.1, 0.15) is 0 Å². The van der Waals surface area contributed by atoms with E-state index in [1.807, 2.05) is 42.5 Å². The molecule has 2 aromatic rings. The van der Waals surface area contributed by atoms with Gasteiger partial charge in [-0.3, -0.25) is 4.79 Å². The van der Waals surface area contributed by atoms with Crippen molar-refractivity contribution in [3.05, 3.63) is 65.7 Å². The molecule has 120 valence electrons. The molecule has 23 heavy (non-hydrogen) atoms. The number of amides is 1. The molecule has 1 N–H and O–H groups in total. The normalized spacial score (nSPS) is 10.1. The number of thioether (sulfide) groups is 1. The molecule has 0 saturated heterocycles. The van der Waals surface area contributed by atoms with Crippen LogP contribution in [0.25, 0.3) is 0 Å². The van der Waals surface area contributed by atoms with Gasteiger partial charge in [0.2, 0.25) is 0 Å². The Balaban J connectivity index is 1.86. The number of hydroxylamine groups is 1. The molecule has 2 rings (SSSR count). The highest BCUT2D eigenvalue weighted by Crippen LogP contribution is 2.23. The van der Waals surface area contributed by atoms with Gasteiger partial charge in [0, 0.05) is 17.1 Å². The Bertz CT molecular complexity index is 658. The molecule has 5 heteroatoms. The van der Waals surface area contributed by atoms with Crippen LogP contribution < -0.4 is 5.48 Å². The zero-order valence-electron chi connectivity index (χ0n) is 13.0. The van der Waals surface area contributed by atoms with E-state index in [4.69, 9.17) is 0 Å². The maximum Gasteiger partial charge on any atom is 0.331 e. The Morgan fingerprint density at radius 3 is 2.52 bits per heavy atom. The van der Waals surface area contributed by atoms with Gasteiger partial charge in [-0.25, -0.2) is 4.79 Å². The first kappa shape index (κ1) is 17.1. The zero-order valence-corrected chi connectivity index (χ0v) is 13.8. The average Bonchev–Trinajstić information content (AvgIpc) is 2.59. The molecule has 0 radical (unpaired) electrons. The zero-order chi connectivity index (χ0) is 16.5. The monoisotopic (exact) mass is 329 g/mol. The quantitative estimate of drug-likeness (QED) is 0.651. The van der Waals surface area contributed by atoms with Gasteiger partial charge >= 0.3 is 5.97 Å². The molecule has 0 bridgehead atoms. The predicted molar refractivity (Wildman–Crippen MR) is 90.7 cm³/mol. The van der Waals surface area contributed by atoms with E-state index in [0.717, 1.165) is 16.2 Å². The largest absolute Gasteiger partial charge is 0.341 e. The number of carbonyl (C=O) groups excluding carboxylic acids is 2. The van der Waals surface area contributed by atoms with E-state index in [1.54, 1.807) is 18.7 Å². The first-order chi connectivity index (χ1) is 11.2. The highest BCUT2D eigenvalue weighted by Gasteiger charge is 2.07. The number of hydrogen-bond donors (Lipinski definition) is 1. The van der Waals surface area contributed by atoms with Crippen LogP contribution in [0.5, 0.6) is 0 Å². The fraction of sp³-hybridized carbons (Fsp3) is 0.222. The second-order valence-electron chi connectivity index (χ2n) is 4.95. The third-order valence-electron chi connectivity index (χ3n) is 3.08. The highest BCUT2D eigenvalue weighted by atomic mass is 32.2. The van der Waals surface area contributed by atoms with Crippen LogP contribution in [0.4, 0.5) is 0 Å². The molecular formula is C18H19NO3S. The van der Waals surface area contributed by atoms with Gasteiger partial charge in [-0.2, -0.15) is 5.48 Å². The van der Waals surface area contributed by atoms with E-state index in [9.17, 15) is 9.59 Å². The van der Waals surface area contributed by atoms with Gasteiger partial charge in [0.05, 0.1) is 6.42 Å². The summed E-state index contributed by atoms with van der Waals surface area (Å²) in [6.45, 7) is 1.67. The van der Waals surface area contributed by atoms with Gasteiger partial charge in [0.25, 0.3) is 5.91 Å². The highest BCUT2D eigenvalue weighted by molar-refractivity contribution is 7.98. The molecule has 0 aliphatic carbocycles. The van der Waals surface area contributed by atoms with Crippen molar-refractivity contribution in [2.24, 2.45) is 0 Å². The Labute approximate surface area is 140 Å². The van der Waals surface area contributed by atoms with Crippen molar-refractivity contribution < 1.29 is 14.4 Å². The molecule has 0 spiro atoms. The first-order valence-electron chi connectivity index (χ1n) is 7.41. The number of hydrogen-bond acceptors (Lipinski definition) is 4. The van der Waals surface area contributed by atoms with E-state index < -0.39 is 5.97 Å². The minimum atomic E-state index is -0.453. The van der Waals surface area contributed by atoms with E-state index >= 15 is 0 Å². The molecule has 0 atom stereocenters. The van der Waals surface area contributed by atoms with Crippen molar-refractivity contribution in [2.75, 3.05) is 0 Å². The van der Waals surface area contributed by atoms with E-state index in [1.165, 1.54) is 5.56 Å². The Morgan fingerprint density at radius 2 is 1.78 bits per heavy atom. The predicted octanol–water partition coefficient (Wildman–Crippen LogP) is 3.51. The minimum Gasteiger partial charge on any atom is -0.341 e. The van der Waals surface area contributed by atoms with Gasteiger partial charge in [0.15, 0.2) is 0 Å². The summed E-state index contributed by atoms with van der Waals surface area (Å²) in [5.41, 5.74) is 4.30. The van der Waals surface area contributed by atoms with Crippen LogP contribution in [-0.4, -0.2) is 11.9 Å². The second-order valence-corrected chi connectivity index (χ2v) is 6.00. The first-order valence-corrected chi connectivity index (χ1v) is 8.40.